The Labute approximate surface area is 188 Å². The first-order valence-electron chi connectivity index (χ1n) is 10.4. The van der Waals surface area contributed by atoms with E-state index in [1.807, 2.05) is 6.07 Å². The smallest absolute Gasteiger partial charge is 0.337 e. The van der Waals surface area contributed by atoms with E-state index in [9.17, 15) is 23.2 Å². The Morgan fingerprint density at radius 2 is 1.91 bits per heavy atom. The number of anilines is 1. The zero-order chi connectivity index (χ0) is 23.7. The lowest BCUT2D eigenvalue weighted by molar-refractivity contribution is -0.115. The molecule has 7 nitrogen and oxygen atoms in total. The summed E-state index contributed by atoms with van der Waals surface area (Å²) in [6.45, 7) is 1.93. The first kappa shape index (κ1) is 22.1. The third-order valence-corrected chi connectivity index (χ3v) is 5.68. The monoisotopic (exact) mass is 450 g/mol. The van der Waals surface area contributed by atoms with Gasteiger partial charge in [-0.05, 0) is 43.2 Å². The normalized spacial score (nSPS) is 18.0. The number of hydrogen-bond acceptors (Lipinski definition) is 4. The number of carbonyl (C=O) groups excluding carboxylic acids is 3. The van der Waals surface area contributed by atoms with Crippen LogP contribution in [0.4, 0.5) is 24.1 Å². The molecule has 1 unspecified atom stereocenters. The molecule has 0 radical (unpaired) electrons. The molecule has 2 aromatic rings. The molecule has 0 saturated carbocycles. The van der Waals surface area contributed by atoms with Crippen LogP contribution in [0, 0.1) is 11.3 Å². The topological polar surface area (TPSA) is 93.5 Å². The number of carbonyl (C=O) groups is 3. The van der Waals surface area contributed by atoms with E-state index in [-0.39, 0.29) is 42.0 Å². The molecule has 1 atom stereocenters. The third kappa shape index (κ3) is 3.84. The molecule has 168 valence electrons. The van der Waals surface area contributed by atoms with E-state index in [0.717, 1.165) is 4.90 Å². The Kier molecular flexibility index (Phi) is 5.92. The summed E-state index contributed by atoms with van der Waals surface area (Å²) in [5.41, 5.74) is 1.44. The minimum Gasteiger partial charge on any atom is -0.338 e. The highest BCUT2D eigenvalue weighted by Gasteiger charge is 2.48. The molecule has 1 aliphatic heterocycles. The van der Waals surface area contributed by atoms with Crippen molar-refractivity contribution in [3.05, 3.63) is 76.5 Å². The largest absolute Gasteiger partial charge is 0.338 e. The number of hydrogen-bond donors (Lipinski definition) is 1. The van der Waals surface area contributed by atoms with Crippen LogP contribution < -0.4 is 10.2 Å². The number of allylic oxidation sites excluding steroid dienone is 1. The lowest BCUT2D eigenvalue weighted by Crippen LogP contribution is -2.55. The molecule has 0 aromatic heterocycles. The van der Waals surface area contributed by atoms with Gasteiger partial charge in [-0.15, -0.1) is 0 Å². The number of Topliss-reactive ketones (excluding diaryl/α,β-unsaturated/α-hetero) is 1. The van der Waals surface area contributed by atoms with Crippen molar-refractivity contribution in [1.29, 1.82) is 5.26 Å². The average molecular weight is 450 g/mol. The lowest BCUT2D eigenvalue weighted by Gasteiger charge is -2.41. The number of nitriles is 1. The summed E-state index contributed by atoms with van der Waals surface area (Å²) in [7, 11) is 0. The summed E-state index contributed by atoms with van der Waals surface area (Å²) < 4.78 is 26.7. The van der Waals surface area contributed by atoms with Crippen LogP contribution in [0.5, 0.6) is 0 Å². The van der Waals surface area contributed by atoms with Crippen molar-refractivity contribution in [2.24, 2.45) is 0 Å². The fourth-order valence-electron chi connectivity index (χ4n) is 4.23. The molecule has 1 N–H and O–H groups in total. The van der Waals surface area contributed by atoms with Crippen molar-refractivity contribution in [2.45, 2.75) is 32.2 Å². The molecule has 0 spiro atoms. The van der Waals surface area contributed by atoms with E-state index < -0.39 is 24.5 Å². The van der Waals surface area contributed by atoms with Crippen LogP contribution in [0.1, 0.15) is 48.9 Å². The highest BCUT2D eigenvalue weighted by Crippen LogP contribution is 2.45. The number of nitrogens with one attached hydrogen (secondary N) is 1. The van der Waals surface area contributed by atoms with E-state index in [1.54, 1.807) is 31.2 Å². The van der Waals surface area contributed by atoms with Crippen molar-refractivity contribution < 1.29 is 23.2 Å². The second-order valence-electron chi connectivity index (χ2n) is 7.64. The second-order valence-corrected chi connectivity index (χ2v) is 7.64. The van der Waals surface area contributed by atoms with Gasteiger partial charge in [0.25, 0.3) is 6.43 Å². The van der Waals surface area contributed by atoms with Crippen LogP contribution in [0.15, 0.2) is 59.8 Å². The fourth-order valence-corrected chi connectivity index (χ4v) is 4.23. The lowest BCUT2D eigenvalue weighted by atomic mass is 9.92. The van der Waals surface area contributed by atoms with Gasteiger partial charge in [-0.1, -0.05) is 24.3 Å². The van der Waals surface area contributed by atoms with Crippen molar-refractivity contribution in [2.75, 3.05) is 11.4 Å². The summed E-state index contributed by atoms with van der Waals surface area (Å²) in [6, 6.07) is 11.2. The van der Waals surface area contributed by atoms with Gasteiger partial charge in [0.1, 0.15) is 0 Å². The zero-order valence-corrected chi connectivity index (χ0v) is 17.7. The highest BCUT2D eigenvalue weighted by molar-refractivity contribution is 6.12. The quantitative estimate of drug-likeness (QED) is 0.722. The Morgan fingerprint density at radius 3 is 2.55 bits per heavy atom. The second kappa shape index (κ2) is 8.82. The standard InChI is InChI=1S/C24H20F2N4O3/c1-2-28-23(32)30-21(15-8-6-14(13-27)7-9-15)20-18(10-11-19(20)31)29(24(30)33)17-5-3-4-16(12-17)22(25)26/h3-9,12,21-22H,2,10-11H2,1H3,(H,28,32). The molecule has 0 saturated heterocycles. The maximum Gasteiger partial charge on any atom is 0.337 e. The molecule has 4 rings (SSSR count). The predicted molar refractivity (Wildman–Crippen MR) is 115 cm³/mol. The number of urea groups is 2. The maximum atomic E-state index is 13.7. The Hall–Kier alpha value is -4.06. The number of nitrogens with zero attached hydrogens (tertiary/aromatic N) is 3. The molecular weight excluding hydrogens is 430 g/mol. The van der Waals surface area contributed by atoms with E-state index >= 15 is 0 Å². The molecule has 1 heterocycles. The van der Waals surface area contributed by atoms with Crippen LogP contribution in [-0.4, -0.2) is 29.3 Å². The van der Waals surface area contributed by atoms with Gasteiger partial charge in [-0.3, -0.25) is 9.69 Å². The molecule has 0 fully saturated rings. The molecule has 4 amide bonds. The van der Waals surface area contributed by atoms with Crippen LogP contribution in [0.25, 0.3) is 0 Å². The molecule has 1 aliphatic carbocycles. The van der Waals surface area contributed by atoms with Crippen molar-refractivity contribution in [3.63, 3.8) is 0 Å². The van der Waals surface area contributed by atoms with Gasteiger partial charge in [0.05, 0.1) is 23.4 Å². The number of imide groups is 1. The van der Waals surface area contributed by atoms with Gasteiger partial charge >= 0.3 is 12.1 Å². The van der Waals surface area contributed by atoms with Gasteiger partial charge in [0, 0.05) is 29.8 Å². The van der Waals surface area contributed by atoms with Crippen molar-refractivity contribution in [3.8, 4) is 6.07 Å². The molecular formula is C24H20F2N4O3. The van der Waals surface area contributed by atoms with Gasteiger partial charge in [0.15, 0.2) is 5.78 Å². The number of rotatable bonds is 4. The summed E-state index contributed by atoms with van der Waals surface area (Å²) in [4.78, 5) is 41.8. The highest BCUT2D eigenvalue weighted by atomic mass is 19.3. The van der Waals surface area contributed by atoms with E-state index in [4.69, 9.17) is 5.26 Å². The summed E-state index contributed by atoms with van der Waals surface area (Å²) in [5, 5.41) is 11.7. The Bertz CT molecular complexity index is 1200. The van der Waals surface area contributed by atoms with Gasteiger partial charge in [-0.25, -0.2) is 23.3 Å². The van der Waals surface area contributed by atoms with Gasteiger partial charge in [-0.2, -0.15) is 5.26 Å². The van der Waals surface area contributed by atoms with Crippen LogP contribution >= 0.6 is 0 Å². The van der Waals surface area contributed by atoms with Crippen molar-refractivity contribution >= 4 is 23.5 Å². The van der Waals surface area contributed by atoms with E-state index in [0.29, 0.717) is 16.8 Å². The number of halogens is 2. The van der Waals surface area contributed by atoms with Crippen molar-refractivity contribution in [1.82, 2.24) is 10.2 Å². The number of benzene rings is 2. The minimum atomic E-state index is -2.74. The van der Waals surface area contributed by atoms with Gasteiger partial charge < -0.3 is 5.32 Å². The number of alkyl halides is 2. The Morgan fingerprint density at radius 1 is 1.18 bits per heavy atom. The van der Waals surface area contributed by atoms with Gasteiger partial charge in [0.2, 0.25) is 0 Å². The molecule has 2 aliphatic rings. The molecule has 9 heteroatoms. The average Bonchev–Trinajstić information content (AvgIpc) is 3.19. The minimum absolute atomic E-state index is 0.138. The maximum absolute atomic E-state index is 13.7. The molecule has 2 aromatic carbocycles. The molecule has 0 bridgehead atoms. The SMILES string of the molecule is CCNC(=O)N1C(=O)N(c2cccc(C(F)F)c2)C2=C(C(=O)CC2)C1c1ccc(C#N)cc1. The fraction of sp³-hybridized carbons (Fsp3) is 0.250. The van der Waals surface area contributed by atoms with Crippen LogP contribution in [0.3, 0.4) is 0 Å². The Balaban J connectivity index is 1.92. The van der Waals surface area contributed by atoms with E-state index in [1.165, 1.54) is 29.2 Å². The summed E-state index contributed by atoms with van der Waals surface area (Å²) >= 11 is 0. The first-order chi connectivity index (χ1) is 15.9. The number of amides is 4. The predicted octanol–water partition coefficient (Wildman–Crippen LogP) is 4.83. The van der Waals surface area contributed by atoms with E-state index in [2.05, 4.69) is 5.32 Å². The van der Waals surface area contributed by atoms with Crippen LogP contribution in [0.2, 0.25) is 0 Å². The van der Waals surface area contributed by atoms with Crippen LogP contribution in [-0.2, 0) is 4.79 Å². The third-order valence-electron chi connectivity index (χ3n) is 5.68. The number of ketones is 1. The zero-order valence-electron chi connectivity index (χ0n) is 17.7. The summed E-state index contributed by atoms with van der Waals surface area (Å²) in [6.07, 6.45) is -2.36. The molecule has 33 heavy (non-hydrogen) atoms. The first-order valence-corrected chi connectivity index (χ1v) is 10.4. The summed E-state index contributed by atoms with van der Waals surface area (Å²) in [5.74, 6) is -0.226.